The van der Waals surface area contributed by atoms with Gasteiger partial charge in [-0.2, -0.15) is 0 Å². The van der Waals surface area contributed by atoms with Gasteiger partial charge < -0.3 is 0 Å². The Hall–Kier alpha value is -2.10. The molecule has 0 saturated heterocycles. The number of rotatable bonds is 4. The van der Waals surface area contributed by atoms with E-state index in [9.17, 15) is 18.0 Å². The standard InChI is InChI=1S/C16H13F3O/c1-10-3-2-4-11(7-10)5-6-15(20)12-8-13(17)16(19)14(18)9-12/h2-4,7-9H,5-6H2,1H3. The summed E-state index contributed by atoms with van der Waals surface area (Å²) in [6.45, 7) is 1.94. The summed E-state index contributed by atoms with van der Waals surface area (Å²) in [5, 5.41) is 0. The van der Waals surface area contributed by atoms with Crippen molar-refractivity contribution in [1.82, 2.24) is 0 Å². The van der Waals surface area contributed by atoms with E-state index in [4.69, 9.17) is 0 Å². The first-order valence-corrected chi connectivity index (χ1v) is 6.20. The van der Waals surface area contributed by atoms with Crippen LogP contribution in [0.1, 0.15) is 27.9 Å². The lowest BCUT2D eigenvalue weighted by Gasteiger charge is -2.04. The summed E-state index contributed by atoms with van der Waals surface area (Å²) in [5.74, 6) is -4.66. The normalized spacial score (nSPS) is 10.6. The molecule has 4 heteroatoms. The molecule has 0 saturated carbocycles. The van der Waals surface area contributed by atoms with E-state index < -0.39 is 23.2 Å². The average molecular weight is 278 g/mol. The molecule has 0 radical (unpaired) electrons. The van der Waals surface area contributed by atoms with Gasteiger partial charge in [-0.15, -0.1) is 0 Å². The van der Waals surface area contributed by atoms with E-state index in [-0.39, 0.29) is 12.0 Å². The van der Waals surface area contributed by atoms with E-state index in [0.717, 1.165) is 23.3 Å². The largest absolute Gasteiger partial charge is 0.294 e. The highest BCUT2D eigenvalue weighted by atomic mass is 19.2. The zero-order valence-electron chi connectivity index (χ0n) is 10.9. The van der Waals surface area contributed by atoms with Gasteiger partial charge in [-0.3, -0.25) is 4.79 Å². The van der Waals surface area contributed by atoms with Gasteiger partial charge in [-0.25, -0.2) is 13.2 Å². The van der Waals surface area contributed by atoms with Gasteiger partial charge in [0.25, 0.3) is 0 Å². The third-order valence-corrected chi connectivity index (χ3v) is 3.03. The number of halogens is 3. The van der Waals surface area contributed by atoms with E-state index in [1.54, 1.807) is 0 Å². The molecular weight excluding hydrogens is 265 g/mol. The number of carbonyl (C=O) groups is 1. The van der Waals surface area contributed by atoms with Gasteiger partial charge in [-0.1, -0.05) is 29.8 Å². The summed E-state index contributed by atoms with van der Waals surface area (Å²) in [5.41, 5.74) is 1.91. The van der Waals surface area contributed by atoms with Crippen LogP contribution in [0.15, 0.2) is 36.4 Å². The second kappa shape index (κ2) is 5.90. The van der Waals surface area contributed by atoms with Gasteiger partial charge >= 0.3 is 0 Å². The van der Waals surface area contributed by atoms with Crippen molar-refractivity contribution in [3.8, 4) is 0 Å². The van der Waals surface area contributed by atoms with Crippen molar-refractivity contribution in [3.63, 3.8) is 0 Å². The minimum absolute atomic E-state index is 0.119. The first kappa shape index (κ1) is 14.3. The van der Waals surface area contributed by atoms with Gasteiger partial charge in [0.15, 0.2) is 23.2 Å². The van der Waals surface area contributed by atoms with Crippen LogP contribution in [0.25, 0.3) is 0 Å². The zero-order chi connectivity index (χ0) is 14.7. The number of benzene rings is 2. The first-order chi connectivity index (χ1) is 9.47. The molecule has 0 fully saturated rings. The highest BCUT2D eigenvalue weighted by molar-refractivity contribution is 5.96. The van der Waals surface area contributed by atoms with Crippen LogP contribution >= 0.6 is 0 Å². The molecule has 2 rings (SSSR count). The molecule has 20 heavy (non-hydrogen) atoms. The van der Waals surface area contributed by atoms with Crippen molar-refractivity contribution in [1.29, 1.82) is 0 Å². The molecule has 104 valence electrons. The Labute approximate surface area is 115 Å². The smallest absolute Gasteiger partial charge is 0.194 e. The number of ketones is 1. The van der Waals surface area contributed by atoms with E-state index in [1.807, 2.05) is 31.2 Å². The maximum absolute atomic E-state index is 13.0. The summed E-state index contributed by atoms with van der Waals surface area (Å²) in [6.07, 6.45) is 0.592. The lowest BCUT2D eigenvalue weighted by molar-refractivity contribution is 0.0981. The third-order valence-electron chi connectivity index (χ3n) is 3.03. The summed E-state index contributed by atoms with van der Waals surface area (Å²) in [7, 11) is 0. The molecule has 0 atom stereocenters. The monoisotopic (exact) mass is 278 g/mol. The van der Waals surface area contributed by atoms with Crippen LogP contribution in [0.2, 0.25) is 0 Å². The Morgan fingerprint density at radius 2 is 1.70 bits per heavy atom. The van der Waals surface area contributed by atoms with Crippen molar-refractivity contribution in [2.75, 3.05) is 0 Å². The molecule has 0 aliphatic rings. The van der Waals surface area contributed by atoms with E-state index in [2.05, 4.69) is 0 Å². The van der Waals surface area contributed by atoms with Crippen LogP contribution < -0.4 is 0 Å². The van der Waals surface area contributed by atoms with Crippen LogP contribution in [0, 0.1) is 24.4 Å². The zero-order valence-corrected chi connectivity index (χ0v) is 10.9. The van der Waals surface area contributed by atoms with Gasteiger partial charge in [0.2, 0.25) is 0 Å². The van der Waals surface area contributed by atoms with Crippen molar-refractivity contribution < 1.29 is 18.0 Å². The quantitative estimate of drug-likeness (QED) is 0.604. The number of hydrogen-bond donors (Lipinski definition) is 0. The van der Waals surface area contributed by atoms with E-state index >= 15 is 0 Å². The Bertz CT molecular complexity index is 627. The number of Topliss-reactive ketones (excluding diaryl/α,β-unsaturated/α-hetero) is 1. The Kier molecular flexibility index (Phi) is 4.23. The van der Waals surface area contributed by atoms with Crippen molar-refractivity contribution in [3.05, 3.63) is 70.5 Å². The fourth-order valence-corrected chi connectivity index (χ4v) is 1.99. The Morgan fingerprint density at radius 3 is 2.30 bits per heavy atom. The van der Waals surface area contributed by atoms with Crippen molar-refractivity contribution >= 4 is 5.78 Å². The van der Waals surface area contributed by atoms with Crippen LogP contribution in [0.3, 0.4) is 0 Å². The lowest BCUT2D eigenvalue weighted by Crippen LogP contribution is -2.04. The molecule has 1 nitrogen and oxygen atoms in total. The molecule has 0 aliphatic carbocycles. The van der Waals surface area contributed by atoms with Gasteiger partial charge in [0, 0.05) is 12.0 Å². The molecule has 0 aliphatic heterocycles. The molecule has 2 aromatic carbocycles. The van der Waals surface area contributed by atoms with Crippen LogP contribution in [0.4, 0.5) is 13.2 Å². The predicted molar refractivity (Wildman–Crippen MR) is 70.1 cm³/mol. The highest BCUT2D eigenvalue weighted by Crippen LogP contribution is 2.16. The summed E-state index contributed by atoms with van der Waals surface area (Å²) < 4.78 is 38.9. The maximum atomic E-state index is 13.0. The number of aryl methyl sites for hydroxylation is 2. The lowest BCUT2D eigenvalue weighted by atomic mass is 10.0. The van der Waals surface area contributed by atoms with Gasteiger partial charge in [0.05, 0.1) is 0 Å². The third kappa shape index (κ3) is 3.26. The molecule has 0 amide bonds. The molecular formula is C16H13F3O. The van der Waals surface area contributed by atoms with Crippen LogP contribution in [-0.4, -0.2) is 5.78 Å². The minimum Gasteiger partial charge on any atom is -0.294 e. The average Bonchev–Trinajstić information content (AvgIpc) is 2.41. The first-order valence-electron chi connectivity index (χ1n) is 6.20. The van der Waals surface area contributed by atoms with Crippen LogP contribution in [0.5, 0.6) is 0 Å². The summed E-state index contributed by atoms with van der Waals surface area (Å²) >= 11 is 0. The summed E-state index contributed by atoms with van der Waals surface area (Å²) in [6, 6.07) is 9.11. The van der Waals surface area contributed by atoms with Crippen molar-refractivity contribution in [2.24, 2.45) is 0 Å². The van der Waals surface area contributed by atoms with Gasteiger partial charge in [0.1, 0.15) is 0 Å². The van der Waals surface area contributed by atoms with Crippen molar-refractivity contribution in [2.45, 2.75) is 19.8 Å². The molecule has 0 bridgehead atoms. The molecule has 0 aromatic heterocycles. The topological polar surface area (TPSA) is 17.1 Å². The fourth-order valence-electron chi connectivity index (χ4n) is 1.99. The molecule has 0 heterocycles. The second-order valence-electron chi connectivity index (χ2n) is 4.67. The molecule has 0 N–H and O–H groups in total. The molecule has 0 spiro atoms. The fraction of sp³-hybridized carbons (Fsp3) is 0.188. The van der Waals surface area contributed by atoms with E-state index in [1.165, 1.54) is 0 Å². The predicted octanol–water partition coefficient (Wildman–Crippen LogP) is 4.23. The minimum atomic E-state index is -1.56. The highest BCUT2D eigenvalue weighted by Gasteiger charge is 2.14. The van der Waals surface area contributed by atoms with E-state index in [0.29, 0.717) is 6.42 Å². The van der Waals surface area contributed by atoms with Crippen LogP contribution in [-0.2, 0) is 6.42 Å². The van der Waals surface area contributed by atoms with Gasteiger partial charge in [-0.05, 0) is 31.0 Å². The maximum Gasteiger partial charge on any atom is 0.194 e. The molecule has 0 unspecified atom stereocenters. The Balaban J connectivity index is 2.09. The number of hydrogen-bond acceptors (Lipinski definition) is 1. The second-order valence-corrected chi connectivity index (χ2v) is 4.67. The Morgan fingerprint density at radius 1 is 1.05 bits per heavy atom. The molecule has 2 aromatic rings. The number of carbonyl (C=O) groups excluding carboxylic acids is 1. The summed E-state index contributed by atoms with van der Waals surface area (Å²) in [4.78, 5) is 11.9. The SMILES string of the molecule is Cc1cccc(CCC(=O)c2cc(F)c(F)c(F)c2)c1.